The molecule has 1 atom stereocenters. The van der Waals surface area contributed by atoms with Gasteiger partial charge in [0.15, 0.2) is 11.5 Å². The second kappa shape index (κ2) is 16.2. The first kappa shape index (κ1) is 32.9. The fourth-order valence-corrected chi connectivity index (χ4v) is 6.36. The Morgan fingerprint density at radius 2 is 1.71 bits per heavy atom. The second-order valence-electron chi connectivity index (χ2n) is 11.7. The average Bonchev–Trinajstić information content (AvgIpc) is 3.47. The zero-order valence-corrected chi connectivity index (χ0v) is 26.6. The molecule has 0 amide bonds. The molecule has 3 aliphatic rings. The van der Waals surface area contributed by atoms with Crippen molar-refractivity contribution < 1.29 is 34.0 Å². The molecular weight excluding hydrogens is 596 g/mol. The van der Waals surface area contributed by atoms with E-state index in [1.807, 2.05) is 24.3 Å². The third-order valence-corrected chi connectivity index (χ3v) is 8.85. The van der Waals surface area contributed by atoms with Crippen molar-refractivity contribution in [3.63, 3.8) is 0 Å². The minimum Gasteiger partial charge on any atom is -0.492 e. The van der Waals surface area contributed by atoms with Crippen LogP contribution in [0.3, 0.4) is 0 Å². The number of hydrogen-bond acceptors (Lipinski definition) is 8. The Kier molecular flexibility index (Phi) is 11.8. The van der Waals surface area contributed by atoms with Gasteiger partial charge in [-0.05, 0) is 79.7 Å². The molecule has 0 saturated carbocycles. The molecule has 0 aromatic heterocycles. The number of nitrogens with zero attached hydrogens (tertiary/aromatic N) is 2. The quantitative estimate of drug-likeness (QED) is 0.267. The number of rotatable bonds is 10. The van der Waals surface area contributed by atoms with Crippen LogP contribution < -0.4 is 18.9 Å². The molecule has 6 rings (SSSR count). The highest BCUT2D eigenvalue weighted by Gasteiger charge is 2.21. The number of β-amino-alcohol motifs (C(OH)–C–C–N with tert-alkyl or cyclic N) is 1. The Bertz CT molecular complexity index is 1430. The van der Waals surface area contributed by atoms with Crippen LogP contribution >= 0.6 is 11.6 Å². The van der Waals surface area contributed by atoms with Gasteiger partial charge in [0.1, 0.15) is 37.9 Å². The van der Waals surface area contributed by atoms with Gasteiger partial charge in [-0.2, -0.15) is 0 Å². The predicted octanol–water partition coefficient (Wildman–Crippen LogP) is 5.80. The number of ether oxygens (including phenoxy) is 4. The van der Waals surface area contributed by atoms with Crippen LogP contribution in [0, 0.1) is 6.92 Å². The molecule has 3 aromatic rings. The van der Waals surface area contributed by atoms with Crippen LogP contribution in [0.4, 0.5) is 0 Å². The highest BCUT2D eigenvalue weighted by Crippen LogP contribution is 2.38. The summed E-state index contributed by atoms with van der Waals surface area (Å²) in [6.07, 6.45) is 4.35. The van der Waals surface area contributed by atoms with E-state index < -0.39 is 0 Å². The van der Waals surface area contributed by atoms with E-state index in [1.54, 1.807) is 0 Å². The van der Waals surface area contributed by atoms with Gasteiger partial charge in [0.25, 0.3) is 6.47 Å². The number of piperidine rings is 1. The lowest BCUT2D eigenvalue weighted by atomic mass is 9.96. The maximum atomic E-state index is 9.88. The van der Waals surface area contributed by atoms with Crippen molar-refractivity contribution in [3.05, 3.63) is 70.2 Å². The summed E-state index contributed by atoms with van der Waals surface area (Å²) < 4.78 is 24.2. The third-order valence-electron chi connectivity index (χ3n) is 8.55. The zero-order valence-electron chi connectivity index (χ0n) is 25.9. The number of aliphatic hydroxyl groups excluding tert-OH is 1. The molecule has 0 bridgehead atoms. The summed E-state index contributed by atoms with van der Waals surface area (Å²) in [5.74, 6) is 3.01. The van der Waals surface area contributed by atoms with Crippen LogP contribution in [0.5, 0.6) is 23.0 Å². The lowest BCUT2D eigenvalue weighted by Gasteiger charge is -2.27. The molecule has 0 radical (unpaired) electrons. The Hall–Kier alpha value is -3.50. The van der Waals surface area contributed by atoms with Gasteiger partial charge in [0, 0.05) is 37.8 Å². The Labute approximate surface area is 270 Å². The molecule has 242 valence electrons. The monoisotopic (exact) mass is 638 g/mol. The van der Waals surface area contributed by atoms with E-state index >= 15 is 0 Å². The van der Waals surface area contributed by atoms with E-state index in [2.05, 4.69) is 41.0 Å². The zero-order chi connectivity index (χ0) is 31.6. The van der Waals surface area contributed by atoms with E-state index in [0.717, 1.165) is 84.2 Å². The number of hydrogen-bond donors (Lipinski definition) is 2. The van der Waals surface area contributed by atoms with Gasteiger partial charge in [-0.1, -0.05) is 42.3 Å². The molecule has 9 nitrogen and oxygen atoms in total. The summed E-state index contributed by atoms with van der Waals surface area (Å²) in [7, 11) is 0. The lowest BCUT2D eigenvalue weighted by Crippen LogP contribution is -2.30. The lowest BCUT2D eigenvalue weighted by molar-refractivity contribution is -0.122. The molecule has 0 aliphatic carbocycles. The molecule has 2 N–H and O–H groups in total. The van der Waals surface area contributed by atoms with Gasteiger partial charge < -0.3 is 29.2 Å². The molecule has 10 heteroatoms. The van der Waals surface area contributed by atoms with Crippen LogP contribution in [-0.2, 0) is 17.9 Å². The highest BCUT2D eigenvalue weighted by atomic mass is 35.5. The topological polar surface area (TPSA) is 101 Å². The van der Waals surface area contributed by atoms with Crippen LogP contribution in [0.1, 0.15) is 42.4 Å². The molecular formula is C35H43ClN2O7. The first-order valence-corrected chi connectivity index (χ1v) is 16.1. The number of aliphatic hydroxyl groups is 1. The fourth-order valence-electron chi connectivity index (χ4n) is 6.12. The molecule has 2 saturated heterocycles. The summed E-state index contributed by atoms with van der Waals surface area (Å²) in [6.45, 7) is 9.37. The predicted molar refractivity (Wildman–Crippen MR) is 174 cm³/mol. The first-order valence-electron chi connectivity index (χ1n) is 15.7. The standard InChI is InChI=1S/C34H41ClN2O5.CH2O2/c1-24-26(6-5-7-29(24)25-8-9-31-34(19-25)41-17-16-40-31)23-42-33-20-32(39-15-14-37-13-10-28(38)22-37)27(18-30(33)35)21-36-11-3-2-4-12-36;2-1-3/h5-9,18-20,28,38H,2-4,10-17,21-23H2,1H3;1H,(H,2,3). The summed E-state index contributed by atoms with van der Waals surface area (Å²) in [4.78, 5) is 13.1. The van der Waals surface area contributed by atoms with Crippen molar-refractivity contribution in [1.82, 2.24) is 9.80 Å². The number of fused-ring (bicyclic) bond motifs is 1. The molecule has 3 heterocycles. The number of carboxylic acid groups (broad SMARTS) is 1. The maximum Gasteiger partial charge on any atom is 0.290 e. The first-order chi connectivity index (χ1) is 21.9. The van der Waals surface area contributed by atoms with Gasteiger partial charge in [0.2, 0.25) is 0 Å². The van der Waals surface area contributed by atoms with Crippen molar-refractivity contribution in [2.75, 3.05) is 52.5 Å². The number of halogens is 1. The van der Waals surface area contributed by atoms with Gasteiger partial charge >= 0.3 is 0 Å². The van der Waals surface area contributed by atoms with E-state index in [-0.39, 0.29) is 12.6 Å². The summed E-state index contributed by atoms with van der Waals surface area (Å²) in [5.41, 5.74) is 5.54. The Balaban J connectivity index is 0.00000128. The molecule has 3 aromatic carbocycles. The van der Waals surface area contributed by atoms with Gasteiger partial charge in [-0.15, -0.1) is 0 Å². The van der Waals surface area contributed by atoms with Crippen molar-refractivity contribution in [2.45, 2.75) is 51.9 Å². The normalized spacial score (nSPS) is 18.2. The summed E-state index contributed by atoms with van der Waals surface area (Å²) in [5, 5.41) is 17.4. The summed E-state index contributed by atoms with van der Waals surface area (Å²) >= 11 is 6.81. The van der Waals surface area contributed by atoms with E-state index in [1.165, 1.54) is 19.3 Å². The van der Waals surface area contributed by atoms with Gasteiger partial charge in [-0.25, -0.2) is 0 Å². The number of likely N-dealkylation sites (tertiary alicyclic amines) is 2. The van der Waals surface area contributed by atoms with Crippen LogP contribution in [0.25, 0.3) is 11.1 Å². The number of carbonyl (C=O) groups is 1. The SMILES string of the molecule is Cc1c(COc2cc(OCCN3CCC(O)C3)c(CN3CCCCC3)cc2Cl)cccc1-c1ccc2c(c1)OCCO2.O=CO. The van der Waals surface area contributed by atoms with E-state index in [0.29, 0.717) is 43.7 Å². The Morgan fingerprint density at radius 1 is 0.933 bits per heavy atom. The minimum absolute atomic E-state index is 0.230. The second-order valence-corrected chi connectivity index (χ2v) is 12.1. The third kappa shape index (κ3) is 8.82. The van der Waals surface area contributed by atoms with Crippen LogP contribution in [0.2, 0.25) is 5.02 Å². The summed E-state index contributed by atoms with van der Waals surface area (Å²) in [6, 6.07) is 16.3. The maximum absolute atomic E-state index is 9.88. The molecule has 0 spiro atoms. The largest absolute Gasteiger partial charge is 0.492 e. The Morgan fingerprint density at radius 3 is 2.47 bits per heavy atom. The average molecular weight is 639 g/mol. The van der Waals surface area contributed by atoms with Crippen LogP contribution in [-0.4, -0.2) is 85.1 Å². The van der Waals surface area contributed by atoms with Crippen molar-refractivity contribution in [3.8, 4) is 34.1 Å². The van der Waals surface area contributed by atoms with Gasteiger partial charge in [-0.3, -0.25) is 14.6 Å². The molecule has 45 heavy (non-hydrogen) atoms. The highest BCUT2D eigenvalue weighted by molar-refractivity contribution is 6.32. The van der Waals surface area contributed by atoms with E-state index in [4.69, 9.17) is 40.4 Å². The molecule has 3 aliphatic heterocycles. The molecule has 1 unspecified atom stereocenters. The smallest absolute Gasteiger partial charge is 0.290 e. The fraction of sp³-hybridized carbons (Fsp3) is 0.457. The molecule has 2 fully saturated rings. The van der Waals surface area contributed by atoms with Crippen molar-refractivity contribution in [2.24, 2.45) is 0 Å². The van der Waals surface area contributed by atoms with Crippen molar-refractivity contribution in [1.29, 1.82) is 0 Å². The van der Waals surface area contributed by atoms with Gasteiger partial charge in [0.05, 0.1) is 11.1 Å². The number of benzene rings is 3. The van der Waals surface area contributed by atoms with Crippen LogP contribution in [0.15, 0.2) is 48.5 Å². The van der Waals surface area contributed by atoms with Crippen molar-refractivity contribution >= 4 is 18.1 Å². The minimum atomic E-state index is -0.250. The van der Waals surface area contributed by atoms with E-state index in [9.17, 15) is 5.11 Å².